The van der Waals surface area contributed by atoms with Crippen molar-refractivity contribution in [3.63, 3.8) is 0 Å². The van der Waals surface area contributed by atoms with Crippen molar-refractivity contribution in [1.29, 1.82) is 0 Å². The molecule has 0 aliphatic rings. The lowest BCUT2D eigenvalue weighted by atomic mass is 10.1. The maximum Gasteiger partial charge on any atom is 0.120 e. The summed E-state index contributed by atoms with van der Waals surface area (Å²) in [6.45, 7) is 1.34. The average Bonchev–Trinajstić information content (AvgIpc) is 2.41. The summed E-state index contributed by atoms with van der Waals surface area (Å²) in [6.07, 6.45) is 0. The van der Waals surface area contributed by atoms with Gasteiger partial charge in [0.05, 0.1) is 7.11 Å². The monoisotopic (exact) mass is 321 g/mol. The van der Waals surface area contributed by atoms with Crippen molar-refractivity contribution in [1.82, 2.24) is 5.32 Å². The Morgan fingerprint density at radius 2 is 2.00 bits per heavy atom. The zero-order valence-corrected chi connectivity index (χ0v) is 12.3. The number of phenols is 1. The Hall–Kier alpha value is -1.52. The molecule has 2 N–H and O–H groups in total. The van der Waals surface area contributed by atoms with Crippen LogP contribution in [-0.2, 0) is 13.1 Å². The van der Waals surface area contributed by atoms with Gasteiger partial charge in [-0.05, 0) is 35.9 Å². The number of phenolic OH excluding ortho intramolecular Hbond substituents is 1. The standard InChI is InChI=1S/C15H16BrNO2/c1-19-14-5-6-15(18)12(8-14)10-17-9-11-3-2-4-13(16)7-11/h2-8,17-18H,9-10H2,1H3. The molecule has 100 valence electrons. The molecule has 4 heteroatoms. The fourth-order valence-corrected chi connectivity index (χ4v) is 2.27. The van der Waals surface area contributed by atoms with Crippen molar-refractivity contribution in [3.8, 4) is 11.5 Å². The van der Waals surface area contributed by atoms with Gasteiger partial charge in [-0.1, -0.05) is 28.1 Å². The van der Waals surface area contributed by atoms with Crippen LogP contribution in [0, 0.1) is 0 Å². The van der Waals surface area contributed by atoms with Crippen LogP contribution in [0.15, 0.2) is 46.9 Å². The number of hydrogen-bond donors (Lipinski definition) is 2. The predicted molar refractivity (Wildman–Crippen MR) is 79.3 cm³/mol. The Labute approximate surface area is 121 Å². The minimum Gasteiger partial charge on any atom is -0.508 e. The van der Waals surface area contributed by atoms with E-state index in [0.717, 1.165) is 22.3 Å². The summed E-state index contributed by atoms with van der Waals surface area (Å²) in [5.74, 6) is 1.03. The summed E-state index contributed by atoms with van der Waals surface area (Å²) in [5.41, 5.74) is 2.02. The molecule has 2 aromatic rings. The van der Waals surface area contributed by atoms with E-state index in [0.29, 0.717) is 6.54 Å². The van der Waals surface area contributed by atoms with Crippen LogP contribution in [0.25, 0.3) is 0 Å². The van der Waals surface area contributed by atoms with Crippen molar-refractivity contribution >= 4 is 15.9 Å². The Morgan fingerprint density at radius 1 is 1.16 bits per heavy atom. The van der Waals surface area contributed by atoms with Gasteiger partial charge in [-0.25, -0.2) is 0 Å². The molecule has 0 saturated carbocycles. The topological polar surface area (TPSA) is 41.5 Å². The van der Waals surface area contributed by atoms with E-state index in [9.17, 15) is 5.11 Å². The van der Waals surface area contributed by atoms with Crippen molar-refractivity contribution in [3.05, 3.63) is 58.1 Å². The van der Waals surface area contributed by atoms with E-state index in [2.05, 4.69) is 33.4 Å². The van der Waals surface area contributed by atoms with Crippen LogP contribution in [0.5, 0.6) is 11.5 Å². The number of methoxy groups -OCH3 is 1. The van der Waals surface area contributed by atoms with Crippen LogP contribution in [0.1, 0.15) is 11.1 Å². The van der Waals surface area contributed by atoms with Crippen LogP contribution in [0.2, 0.25) is 0 Å². The molecule has 0 radical (unpaired) electrons. The molecular weight excluding hydrogens is 306 g/mol. The molecule has 0 bridgehead atoms. The van der Waals surface area contributed by atoms with Crippen LogP contribution in [0.4, 0.5) is 0 Å². The van der Waals surface area contributed by atoms with E-state index in [-0.39, 0.29) is 5.75 Å². The highest BCUT2D eigenvalue weighted by Gasteiger charge is 2.03. The van der Waals surface area contributed by atoms with Gasteiger partial charge in [0.25, 0.3) is 0 Å². The SMILES string of the molecule is COc1ccc(O)c(CNCc2cccc(Br)c2)c1. The van der Waals surface area contributed by atoms with Gasteiger partial charge in [-0.15, -0.1) is 0 Å². The van der Waals surface area contributed by atoms with Crippen molar-refractivity contribution in [2.75, 3.05) is 7.11 Å². The lowest BCUT2D eigenvalue weighted by Crippen LogP contribution is -2.12. The zero-order chi connectivity index (χ0) is 13.7. The normalized spacial score (nSPS) is 10.4. The molecule has 0 fully saturated rings. The van der Waals surface area contributed by atoms with Gasteiger partial charge in [0.1, 0.15) is 11.5 Å². The Bertz CT molecular complexity index is 558. The summed E-state index contributed by atoms with van der Waals surface area (Å²) >= 11 is 3.45. The fraction of sp³-hybridized carbons (Fsp3) is 0.200. The smallest absolute Gasteiger partial charge is 0.120 e. The first-order valence-electron chi connectivity index (χ1n) is 6.00. The maximum absolute atomic E-state index is 9.77. The molecule has 0 amide bonds. The largest absolute Gasteiger partial charge is 0.508 e. The van der Waals surface area contributed by atoms with E-state index in [1.54, 1.807) is 19.2 Å². The number of ether oxygens (including phenoxy) is 1. The van der Waals surface area contributed by atoms with Gasteiger partial charge >= 0.3 is 0 Å². The molecule has 0 aromatic heterocycles. The number of benzene rings is 2. The molecule has 0 spiro atoms. The van der Waals surface area contributed by atoms with Gasteiger partial charge in [0, 0.05) is 23.1 Å². The maximum atomic E-state index is 9.77. The van der Waals surface area contributed by atoms with E-state index >= 15 is 0 Å². The van der Waals surface area contributed by atoms with Gasteiger partial charge in [0.2, 0.25) is 0 Å². The van der Waals surface area contributed by atoms with Crippen LogP contribution in [-0.4, -0.2) is 12.2 Å². The number of halogens is 1. The number of hydrogen-bond acceptors (Lipinski definition) is 3. The minimum atomic E-state index is 0.280. The van der Waals surface area contributed by atoms with Crippen molar-refractivity contribution in [2.45, 2.75) is 13.1 Å². The van der Waals surface area contributed by atoms with Crippen LogP contribution >= 0.6 is 15.9 Å². The third kappa shape index (κ3) is 3.98. The molecule has 0 aliphatic heterocycles. The lowest BCUT2D eigenvalue weighted by molar-refractivity contribution is 0.410. The molecule has 2 rings (SSSR count). The highest BCUT2D eigenvalue weighted by molar-refractivity contribution is 9.10. The number of nitrogens with one attached hydrogen (secondary N) is 1. The highest BCUT2D eigenvalue weighted by atomic mass is 79.9. The summed E-state index contributed by atoms with van der Waals surface area (Å²) in [6, 6.07) is 13.4. The summed E-state index contributed by atoms with van der Waals surface area (Å²) in [5, 5.41) is 13.1. The molecule has 19 heavy (non-hydrogen) atoms. The molecule has 3 nitrogen and oxygen atoms in total. The molecule has 2 aromatic carbocycles. The van der Waals surface area contributed by atoms with E-state index < -0.39 is 0 Å². The Kier molecular flexibility index (Phi) is 4.82. The van der Waals surface area contributed by atoms with Crippen LogP contribution in [0.3, 0.4) is 0 Å². The van der Waals surface area contributed by atoms with Gasteiger partial charge in [-0.3, -0.25) is 0 Å². The first-order chi connectivity index (χ1) is 9.19. The van der Waals surface area contributed by atoms with E-state index in [1.165, 1.54) is 5.56 Å². The zero-order valence-electron chi connectivity index (χ0n) is 10.7. The molecule has 0 heterocycles. The molecule has 0 aliphatic carbocycles. The highest BCUT2D eigenvalue weighted by Crippen LogP contribution is 2.22. The second-order valence-electron chi connectivity index (χ2n) is 4.23. The van der Waals surface area contributed by atoms with E-state index in [4.69, 9.17) is 4.74 Å². The summed E-state index contributed by atoms with van der Waals surface area (Å²) in [7, 11) is 1.62. The first-order valence-corrected chi connectivity index (χ1v) is 6.79. The van der Waals surface area contributed by atoms with E-state index in [1.807, 2.05) is 18.2 Å². The van der Waals surface area contributed by atoms with Gasteiger partial charge < -0.3 is 15.2 Å². The van der Waals surface area contributed by atoms with Gasteiger partial charge in [0.15, 0.2) is 0 Å². The third-order valence-corrected chi connectivity index (χ3v) is 3.31. The number of aromatic hydroxyl groups is 1. The number of rotatable bonds is 5. The van der Waals surface area contributed by atoms with Gasteiger partial charge in [-0.2, -0.15) is 0 Å². The molecule has 0 saturated heterocycles. The molecular formula is C15H16BrNO2. The average molecular weight is 322 g/mol. The second kappa shape index (κ2) is 6.59. The Morgan fingerprint density at radius 3 is 2.74 bits per heavy atom. The Balaban J connectivity index is 1.95. The second-order valence-corrected chi connectivity index (χ2v) is 5.14. The van der Waals surface area contributed by atoms with Crippen molar-refractivity contribution < 1.29 is 9.84 Å². The van der Waals surface area contributed by atoms with Crippen LogP contribution < -0.4 is 10.1 Å². The minimum absolute atomic E-state index is 0.280. The quantitative estimate of drug-likeness (QED) is 0.886. The van der Waals surface area contributed by atoms with Crippen molar-refractivity contribution in [2.24, 2.45) is 0 Å². The first kappa shape index (κ1) is 13.9. The fourth-order valence-electron chi connectivity index (χ4n) is 1.82. The summed E-state index contributed by atoms with van der Waals surface area (Å²) in [4.78, 5) is 0. The molecule has 0 atom stereocenters. The predicted octanol–water partition coefficient (Wildman–Crippen LogP) is 3.45. The lowest BCUT2D eigenvalue weighted by Gasteiger charge is -2.09. The third-order valence-electron chi connectivity index (χ3n) is 2.82. The molecule has 0 unspecified atom stereocenters. The summed E-state index contributed by atoms with van der Waals surface area (Å²) < 4.78 is 6.21.